The Balaban J connectivity index is 1.45. The van der Waals surface area contributed by atoms with Crippen molar-refractivity contribution in [3.05, 3.63) is 137 Å². The van der Waals surface area contributed by atoms with Gasteiger partial charge < -0.3 is 41.7 Å². The minimum absolute atomic E-state index is 0.107. The van der Waals surface area contributed by atoms with E-state index in [2.05, 4.69) is 95.2 Å². The lowest BCUT2D eigenvalue weighted by Crippen LogP contribution is -2.16. The van der Waals surface area contributed by atoms with Crippen molar-refractivity contribution in [2.45, 2.75) is 118 Å². The maximum Gasteiger partial charge on any atom is 0.453 e. The van der Waals surface area contributed by atoms with Gasteiger partial charge in [-0.1, -0.05) is 132 Å². The molecule has 0 fully saturated rings. The van der Waals surface area contributed by atoms with Crippen LogP contribution in [-0.4, -0.2) is 24.4 Å². The first-order chi connectivity index (χ1) is 31.5. The minimum atomic E-state index is -2.06. The molecule has 0 aliphatic carbocycles. The number of benzene rings is 6. The van der Waals surface area contributed by atoms with Crippen molar-refractivity contribution < 1.29 is 41.7 Å². The van der Waals surface area contributed by atoms with Crippen molar-refractivity contribution in [3.8, 4) is 51.0 Å². The number of ether oxygens (including phenoxy) is 2. The third-order valence-electron chi connectivity index (χ3n) is 11.9. The molecule has 11 heteroatoms. The number of hydrogen-bond donors (Lipinski definition) is 2. The van der Waals surface area contributed by atoms with Crippen LogP contribution in [0.25, 0.3) is 44.2 Å². The van der Waals surface area contributed by atoms with E-state index >= 15 is 0 Å². The summed E-state index contributed by atoms with van der Waals surface area (Å²) in [6.07, 6.45) is 0. The van der Waals surface area contributed by atoms with Gasteiger partial charge in [-0.05, 0) is 98.5 Å². The van der Waals surface area contributed by atoms with Gasteiger partial charge in [-0.3, -0.25) is 0 Å². The van der Waals surface area contributed by atoms with Gasteiger partial charge in [-0.15, -0.1) is 0 Å². The lowest BCUT2D eigenvalue weighted by Gasteiger charge is -2.29. The summed E-state index contributed by atoms with van der Waals surface area (Å²) in [4.78, 5) is 0. The molecule has 1 atom stereocenters. The zero-order valence-electron chi connectivity index (χ0n) is 41.4. The van der Waals surface area contributed by atoms with E-state index in [1.54, 1.807) is 14.2 Å². The second-order valence-corrected chi connectivity index (χ2v) is 22.7. The van der Waals surface area contributed by atoms with Gasteiger partial charge in [0.05, 0.1) is 27.4 Å². The van der Waals surface area contributed by atoms with Crippen LogP contribution < -0.4 is 23.0 Å². The van der Waals surface area contributed by atoms with Crippen LogP contribution in [0.15, 0.2) is 112 Å². The van der Waals surface area contributed by atoms with Gasteiger partial charge in [0.2, 0.25) is 0 Å². The fourth-order valence-corrected chi connectivity index (χ4v) is 9.87. The number of fused-ring (bicyclic) bond motifs is 3. The average molecular weight is 945 g/mol. The van der Waals surface area contributed by atoms with Gasteiger partial charge in [0.1, 0.15) is 39.9 Å². The molecule has 1 unspecified atom stereocenters. The Labute approximate surface area is 399 Å². The Hall–Kier alpha value is -5.43. The highest BCUT2D eigenvalue weighted by Gasteiger charge is 2.32. The lowest BCUT2D eigenvalue weighted by molar-refractivity contribution is 0.281. The maximum absolute atomic E-state index is 10.9. The monoisotopic (exact) mass is 944 g/mol. The molecule has 9 nitrogen and oxygen atoms in total. The summed E-state index contributed by atoms with van der Waals surface area (Å²) in [5.41, 5.74) is 8.15. The van der Waals surface area contributed by atoms with E-state index in [9.17, 15) is 10.2 Å². The van der Waals surface area contributed by atoms with E-state index in [1.807, 2.05) is 91.0 Å². The minimum Gasteiger partial charge on any atom is -0.497 e. The molecule has 1 heterocycles. The predicted octanol–water partition coefficient (Wildman–Crippen LogP) is 15.6. The first-order valence-corrected chi connectivity index (χ1v) is 24.6. The Morgan fingerprint density at radius 1 is 0.493 bits per heavy atom. The third kappa shape index (κ3) is 10.8. The summed E-state index contributed by atoms with van der Waals surface area (Å²) < 4.78 is 46.3. The van der Waals surface area contributed by atoms with Crippen LogP contribution in [-0.2, 0) is 34.9 Å². The molecule has 0 saturated carbocycles. The molecule has 354 valence electrons. The summed E-state index contributed by atoms with van der Waals surface area (Å²) in [7, 11) is 0.731. The first-order valence-electron chi connectivity index (χ1n) is 22.6. The van der Waals surface area contributed by atoms with Gasteiger partial charge in [0.15, 0.2) is 0 Å². The fraction of sp³-hybridized carbons (Fsp3) is 0.357. The zero-order chi connectivity index (χ0) is 48.6. The number of rotatable bonds is 12. The van der Waals surface area contributed by atoms with Crippen LogP contribution in [0.1, 0.15) is 116 Å². The molecule has 67 heavy (non-hydrogen) atoms. The number of aliphatic hydroxyl groups is 2. The van der Waals surface area contributed by atoms with E-state index < -0.39 is 28.1 Å². The molecule has 7 aromatic rings. The van der Waals surface area contributed by atoms with Crippen molar-refractivity contribution in [1.29, 1.82) is 0 Å². The van der Waals surface area contributed by atoms with E-state index in [4.69, 9.17) is 31.4 Å². The average Bonchev–Trinajstić information content (AvgIpc) is 3.43. The van der Waals surface area contributed by atoms with Crippen molar-refractivity contribution >= 4 is 39.2 Å². The number of hydrogen-bond acceptors (Lipinski definition) is 9. The first kappa shape index (κ1) is 49.5. The Morgan fingerprint density at radius 2 is 0.940 bits per heavy atom. The Morgan fingerprint density at radius 3 is 1.43 bits per heavy atom. The van der Waals surface area contributed by atoms with Crippen LogP contribution in [0.4, 0.5) is 0 Å². The summed E-state index contributed by atoms with van der Waals surface area (Å²) in [5.74, 6) is 3.06. The largest absolute Gasteiger partial charge is 0.497 e. The van der Waals surface area contributed by atoms with Crippen LogP contribution in [0.2, 0.25) is 0 Å². The standard InChI is InChI=1S/C56H66O9P2/c1-53(2,3)37-24-34(32-57)23-36(27-37)42-28-38(59-13)30-46(55(7,8)9)50(42)61-66-62-51-43(25-35(33-58)26-45(51)54(4,5)6)44-29-39(60-14)31-47(56(10,11)12)52(44)65-67-63-48-21-17-15-19-40(48)41-20-16-18-22-49(41)64-67/h15-31,57-58,66H,32-33H2,1-14H3. The second-order valence-electron chi connectivity index (χ2n) is 21.1. The van der Waals surface area contributed by atoms with Crippen molar-refractivity contribution in [1.82, 2.24) is 0 Å². The summed E-state index contributed by atoms with van der Waals surface area (Å²) >= 11 is 0. The molecule has 7 rings (SSSR count). The number of para-hydroxylation sites is 2. The van der Waals surface area contributed by atoms with Gasteiger partial charge in [0, 0.05) is 44.2 Å². The molecular weight excluding hydrogens is 879 g/mol. The molecule has 0 bridgehead atoms. The smallest absolute Gasteiger partial charge is 0.453 e. The van der Waals surface area contributed by atoms with Crippen LogP contribution in [0.5, 0.6) is 28.7 Å². The fourth-order valence-electron chi connectivity index (χ4n) is 8.13. The van der Waals surface area contributed by atoms with Crippen LogP contribution in [0, 0.1) is 0 Å². The number of aliphatic hydroxyl groups excluding tert-OH is 2. The lowest BCUT2D eigenvalue weighted by atomic mass is 9.81. The Bertz CT molecular complexity index is 2900. The zero-order valence-corrected chi connectivity index (χ0v) is 43.3. The summed E-state index contributed by atoms with van der Waals surface area (Å²) in [5, 5.41) is 23.1. The third-order valence-corrected chi connectivity index (χ3v) is 13.5. The highest BCUT2D eigenvalue weighted by Crippen LogP contribution is 2.53. The van der Waals surface area contributed by atoms with E-state index in [0.717, 1.165) is 49.7 Å². The maximum atomic E-state index is 10.9. The summed E-state index contributed by atoms with van der Waals surface area (Å²) in [6.45, 7) is 25.4. The SMILES string of the molecule is COc1cc(-c2cc(CO)cc(C(C)(C)C)c2)c(OPOc2c(-c3cc(OC)cc(C(C)(C)C)c3Op3oc4ccccc4c4ccccc4o3)cc(CO)cc2C(C)(C)C)c(C(C)(C)C)c1. The molecule has 0 radical (unpaired) electrons. The van der Waals surface area contributed by atoms with Gasteiger partial charge >= 0.3 is 8.24 Å². The molecule has 6 aromatic carbocycles. The van der Waals surface area contributed by atoms with Crippen LogP contribution in [0.3, 0.4) is 0 Å². The number of methoxy groups -OCH3 is 2. The van der Waals surface area contributed by atoms with Crippen molar-refractivity contribution in [2.75, 3.05) is 14.2 Å². The predicted molar refractivity (Wildman–Crippen MR) is 275 cm³/mol. The topological polar surface area (TPSA) is 113 Å². The molecule has 0 amide bonds. The molecule has 2 N–H and O–H groups in total. The highest BCUT2D eigenvalue weighted by molar-refractivity contribution is 7.32. The summed E-state index contributed by atoms with van der Waals surface area (Å²) in [6, 6.07) is 33.9. The molecule has 0 aliphatic rings. The van der Waals surface area contributed by atoms with Gasteiger partial charge in [-0.25, -0.2) is 0 Å². The Kier molecular flexibility index (Phi) is 14.2. The second kappa shape index (κ2) is 19.3. The highest BCUT2D eigenvalue weighted by atomic mass is 31.1. The molecule has 0 saturated heterocycles. The van der Waals surface area contributed by atoms with E-state index in [1.165, 1.54) is 0 Å². The van der Waals surface area contributed by atoms with Crippen LogP contribution >= 0.6 is 17.3 Å². The van der Waals surface area contributed by atoms with Gasteiger partial charge in [0.25, 0.3) is 9.03 Å². The normalized spacial score (nSPS) is 12.5. The van der Waals surface area contributed by atoms with Crippen molar-refractivity contribution in [3.63, 3.8) is 0 Å². The molecular formula is C56H66O9P2. The van der Waals surface area contributed by atoms with E-state index in [0.29, 0.717) is 56.6 Å². The molecule has 1 aromatic heterocycles. The molecule has 0 spiro atoms. The van der Waals surface area contributed by atoms with Gasteiger partial charge in [-0.2, -0.15) is 0 Å². The quantitative estimate of drug-likeness (QED) is 0.116. The van der Waals surface area contributed by atoms with Crippen molar-refractivity contribution in [2.24, 2.45) is 0 Å². The molecule has 0 aliphatic heterocycles. The van der Waals surface area contributed by atoms with E-state index in [-0.39, 0.29) is 24.0 Å².